The van der Waals surface area contributed by atoms with Crippen LogP contribution in [0.2, 0.25) is 0 Å². The van der Waals surface area contributed by atoms with Gasteiger partial charge in [0.05, 0.1) is 17.8 Å². The fraction of sp³-hybridized carbons (Fsp3) is 0.174. The summed E-state index contributed by atoms with van der Waals surface area (Å²) in [4.78, 5) is 18.8. The van der Waals surface area contributed by atoms with Crippen molar-refractivity contribution in [1.82, 2.24) is 4.98 Å². The SMILES string of the molecule is CC(=O)Nc1cccc(N2CC(O)=C(c3nc(-c4ccc(C)cc4)c(C)s3)C2=N)c1. The van der Waals surface area contributed by atoms with Crippen molar-refractivity contribution < 1.29 is 9.90 Å². The van der Waals surface area contributed by atoms with Gasteiger partial charge in [-0.25, -0.2) is 4.98 Å². The quantitative estimate of drug-likeness (QED) is 0.546. The molecule has 3 N–H and O–H groups in total. The van der Waals surface area contributed by atoms with Gasteiger partial charge in [0.25, 0.3) is 0 Å². The summed E-state index contributed by atoms with van der Waals surface area (Å²) in [5.41, 5.74) is 4.89. The summed E-state index contributed by atoms with van der Waals surface area (Å²) in [7, 11) is 0. The van der Waals surface area contributed by atoms with Crippen molar-refractivity contribution in [1.29, 1.82) is 5.41 Å². The number of nitrogens with zero attached hydrogens (tertiary/aromatic N) is 2. The molecule has 4 rings (SSSR count). The van der Waals surface area contributed by atoms with E-state index >= 15 is 0 Å². The van der Waals surface area contributed by atoms with Gasteiger partial charge in [0.2, 0.25) is 5.91 Å². The summed E-state index contributed by atoms with van der Waals surface area (Å²) < 4.78 is 0. The van der Waals surface area contributed by atoms with Crippen LogP contribution in [-0.2, 0) is 4.79 Å². The lowest BCUT2D eigenvalue weighted by Crippen LogP contribution is -2.26. The fourth-order valence-corrected chi connectivity index (χ4v) is 4.47. The number of hydrogen-bond donors (Lipinski definition) is 3. The van der Waals surface area contributed by atoms with E-state index < -0.39 is 0 Å². The van der Waals surface area contributed by atoms with Crippen LogP contribution >= 0.6 is 11.3 Å². The third kappa shape index (κ3) is 3.71. The Kier molecular flexibility index (Phi) is 5.13. The van der Waals surface area contributed by atoms with E-state index in [4.69, 9.17) is 10.4 Å². The molecule has 3 aromatic rings. The van der Waals surface area contributed by atoms with Gasteiger partial charge >= 0.3 is 0 Å². The lowest BCUT2D eigenvalue weighted by molar-refractivity contribution is -0.114. The van der Waals surface area contributed by atoms with E-state index in [9.17, 15) is 9.90 Å². The number of aryl methyl sites for hydroxylation is 2. The molecule has 0 bridgehead atoms. The largest absolute Gasteiger partial charge is 0.510 e. The number of aromatic nitrogens is 1. The Morgan fingerprint density at radius 2 is 1.93 bits per heavy atom. The van der Waals surface area contributed by atoms with Crippen molar-refractivity contribution in [3.63, 3.8) is 0 Å². The van der Waals surface area contributed by atoms with E-state index in [1.165, 1.54) is 23.8 Å². The number of benzene rings is 2. The Bertz CT molecular complexity index is 1180. The summed E-state index contributed by atoms with van der Waals surface area (Å²) in [6.45, 7) is 5.69. The molecule has 30 heavy (non-hydrogen) atoms. The predicted molar refractivity (Wildman–Crippen MR) is 122 cm³/mol. The van der Waals surface area contributed by atoms with Crippen molar-refractivity contribution >= 4 is 40.0 Å². The highest BCUT2D eigenvalue weighted by molar-refractivity contribution is 7.13. The second-order valence-corrected chi connectivity index (χ2v) is 8.48. The number of carbonyl (C=O) groups excluding carboxylic acids is 1. The summed E-state index contributed by atoms with van der Waals surface area (Å²) in [6, 6.07) is 15.4. The van der Waals surface area contributed by atoms with Gasteiger partial charge in [-0.05, 0) is 32.0 Å². The van der Waals surface area contributed by atoms with Gasteiger partial charge in [0.15, 0.2) is 0 Å². The molecule has 152 valence electrons. The van der Waals surface area contributed by atoms with Crippen LogP contribution in [0.5, 0.6) is 0 Å². The van der Waals surface area contributed by atoms with Gasteiger partial charge < -0.3 is 15.3 Å². The van der Waals surface area contributed by atoms with Crippen molar-refractivity contribution in [3.8, 4) is 11.3 Å². The number of amides is 1. The monoisotopic (exact) mass is 418 g/mol. The summed E-state index contributed by atoms with van der Waals surface area (Å²) in [5.74, 6) is 0.151. The van der Waals surface area contributed by atoms with Crippen LogP contribution in [0.3, 0.4) is 0 Å². The summed E-state index contributed by atoms with van der Waals surface area (Å²) in [6.07, 6.45) is 0. The van der Waals surface area contributed by atoms with Gasteiger partial charge in [-0.2, -0.15) is 0 Å². The minimum Gasteiger partial charge on any atom is -0.510 e. The summed E-state index contributed by atoms with van der Waals surface area (Å²) >= 11 is 1.47. The molecule has 2 aromatic carbocycles. The Balaban J connectivity index is 1.64. The molecule has 0 saturated carbocycles. The lowest BCUT2D eigenvalue weighted by atomic mass is 10.1. The molecule has 1 amide bonds. The van der Waals surface area contributed by atoms with E-state index in [-0.39, 0.29) is 24.0 Å². The highest BCUT2D eigenvalue weighted by Gasteiger charge is 2.32. The first-order valence-electron chi connectivity index (χ1n) is 9.54. The van der Waals surface area contributed by atoms with Crippen LogP contribution in [0.4, 0.5) is 11.4 Å². The third-order valence-corrected chi connectivity index (χ3v) is 5.91. The first kappa shape index (κ1) is 19.8. The zero-order chi connectivity index (χ0) is 21.4. The molecule has 0 spiro atoms. The molecular formula is C23H22N4O2S. The number of anilines is 2. The van der Waals surface area contributed by atoms with Crippen molar-refractivity contribution in [3.05, 3.63) is 69.7 Å². The van der Waals surface area contributed by atoms with Crippen LogP contribution in [0.1, 0.15) is 22.4 Å². The van der Waals surface area contributed by atoms with Crippen LogP contribution < -0.4 is 10.2 Å². The normalized spacial score (nSPS) is 13.8. The number of hydrogen-bond acceptors (Lipinski definition) is 5. The Hall–Kier alpha value is -3.45. The third-order valence-electron chi connectivity index (χ3n) is 4.92. The van der Waals surface area contributed by atoms with Crippen molar-refractivity contribution in [2.24, 2.45) is 0 Å². The molecule has 0 saturated heterocycles. The minimum absolute atomic E-state index is 0.120. The summed E-state index contributed by atoms with van der Waals surface area (Å²) in [5, 5.41) is 22.7. The van der Waals surface area contributed by atoms with Crippen LogP contribution in [0.15, 0.2) is 54.3 Å². The zero-order valence-corrected chi connectivity index (χ0v) is 17.8. The smallest absolute Gasteiger partial charge is 0.221 e. The Morgan fingerprint density at radius 1 is 1.20 bits per heavy atom. The van der Waals surface area contributed by atoms with Gasteiger partial charge in [-0.15, -0.1) is 11.3 Å². The highest BCUT2D eigenvalue weighted by atomic mass is 32.1. The zero-order valence-electron chi connectivity index (χ0n) is 17.0. The topological polar surface area (TPSA) is 89.3 Å². The number of thiazole rings is 1. The Labute approximate surface area is 179 Å². The van der Waals surface area contributed by atoms with E-state index in [2.05, 4.69) is 5.32 Å². The van der Waals surface area contributed by atoms with Crippen molar-refractivity contribution in [2.75, 3.05) is 16.8 Å². The van der Waals surface area contributed by atoms with E-state index in [0.717, 1.165) is 21.8 Å². The molecular weight excluding hydrogens is 396 g/mol. The number of aliphatic hydroxyl groups excluding tert-OH is 1. The molecule has 1 aromatic heterocycles. The number of amidine groups is 1. The second-order valence-electron chi connectivity index (χ2n) is 7.28. The number of aliphatic hydroxyl groups is 1. The lowest BCUT2D eigenvalue weighted by Gasteiger charge is -2.19. The molecule has 0 radical (unpaired) electrons. The molecule has 0 fully saturated rings. The molecule has 0 aliphatic carbocycles. The first-order valence-corrected chi connectivity index (χ1v) is 10.4. The molecule has 6 nitrogen and oxygen atoms in total. The average Bonchev–Trinajstić information content (AvgIpc) is 3.21. The van der Waals surface area contributed by atoms with Crippen molar-refractivity contribution in [2.45, 2.75) is 20.8 Å². The highest BCUT2D eigenvalue weighted by Crippen LogP contribution is 2.37. The Morgan fingerprint density at radius 3 is 2.63 bits per heavy atom. The molecule has 1 aliphatic rings. The van der Waals surface area contributed by atoms with Gasteiger partial charge in [0.1, 0.15) is 16.6 Å². The van der Waals surface area contributed by atoms with Crippen LogP contribution in [0, 0.1) is 19.3 Å². The average molecular weight is 419 g/mol. The van der Waals surface area contributed by atoms with Gasteiger partial charge in [-0.3, -0.25) is 10.2 Å². The molecule has 0 unspecified atom stereocenters. The van der Waals surface area contributed by atoms with E-state index in [0.29, 0.717) is 16.3 Å². The number of nitrogens with one attached hydrogen (secondary N) is 2. The standard InChI is InChI=1S/C23H22N4O2S/c1-13-7-9-16(10-8-13)21-14(2)30-23(26-21)20-19(29)12-27(22(20)24)18-6-4-5-17(11-18)25-15(3)28/h4-11,24,29H,12H2,1-3H3,(H,25,28). The molecule has 7 heteroatoms. The predicted octanol–water partition coefficient (Wildman–Crippen LogP) is 5.15. The fourth-order valence-electron chi connectivity index (χ4n) is 3.46. The van der Waals surface area contributed by atoms with Gasteiger partial charge in [0, 0.05) is 28.7 Å². The number of carbonyl (C=O) groups is 1. The van der Waals surface area contributed by atoms with E-state index in [1.54, 1.807) is 17.0 Å². The number of rotatable bonds is 4. The minimum atomic E-state index is -0.160. The maximum absolute atomic E-state index is 11.3. The second kappa shape index (κ2) is 7.76. The first-order chi connectivity index (χ1) is 14.3. The van der Waals surface area contributed by atoms with Crippen LogP contribution in [0.25, 0.3) is 16.8 Å². The maximum Gasteiger partial charge on any atom is 0.221 e. The van der Waals surface area contributed by atoms with Crippen LogP contribution in [-0.4, -0.2) is 28.4 Å². The molecule has 2 heterocycles. The van der Waals surface area contributed by atoms with E-state index in [1.807, 2.05) is 50.2 Å². The molecule has 1 aliphatic heterocycles. The maximum atomic E-state index is 11.3. The molecule has 0 atom stereocenters. The van der Waals surface area contributed by atoms with Gasteiger partial charge in [-0.1, -0.05) is 35.9 Å².